The van der Waals surface area contributed by atoms with E-state index in [9.17, 15) is 47.8 Å². The number of anilines is 1. The number of hydrogen-bond acceptors (Lipinski definition) is 25. The number of nitrogens with one attached hydrogen (secondary N) is 3. The van der Waals surface area contributed by atoms with Crippen molar-refractivity contribution in [3.63, 3.8) is 0 Å². The molecule has 2 aliphatic rings. The van der Waals surface area contributed by atoms with Crippen LogP contribution in [0.1, 0.15) is 41.0 Å². The summed E-state index contributed by atoms with van der Waals surface area (Å²) in [5.41, 5.74) is 25.8. The van der Waals surface area contributed by atoms with Gasteiger partial charge in [-0.25, -0.2) is 28.5 Å². The molecular weight excluding hydrogens is 1230 g/mol. The molecular formula is C49H57N14O22P3. The Morgan fingerprint density at radius 1 is 0.920 bits per heavy atom. The average molecular weight is 1290 g/mol. The van der Waals surface area contributed by atoms with Crippen molar-refractivity contribution < 1.29 is 98.4 Å². The summed E-state index contributed by atoms with van der Waals surface area (Å²) in [6.45, 7) is 3.03. The molecule has 0 saturated carbocycles. The smallest absolute Gasteiger partial charge is 0.490 e. The van der Waals surface area contributed by atoms with Crippen molar-refractivity contribution in [2.45, 2.75) is 51.3 Å². The number of phosphoric acid groups is 3. The summed E-state index contributed by atoms with van der Waals surface area (Å²) in [5.74, 6) is 3.85. The lowest BCUT2D eigenvalue weighted by molar-refractivity contribution is -0.126. The summed E-state index contributed by atoms with van der Waals surface area (Å²) in [6, 6.07) is 18.0. The molecule has 0 radical (unpaired) electrons. The Bertz CT molecular complexity index is 3800. The van der Waals surface area contributed by atoms with E-state index in [4.69, 9.17) is 59.1 Å². The lowest BCUT2D eigenvalue weighted by Crippen LogP contribution is -2.43. The third kappa shape index (κ3) is 19.6. The molecule has 0 spiro atoms. The molecule has 2 aromatic heterocycles. The summed E-state index contributed by atoms with van der Waals surface area (Å²) < 4.78 is 86.5. The molecule has 470 valence electrons. The number of aliphatic hydroxyl groups excluding tert-OH is 1. The molecule has 36 nitrogen and oxygen atoms in total. The van der Waals surface area contributed by atoms with E-state index in [0.29, 0.717) is 22.1 Å². The third-order valence-corrected chi connectivity index (χ3v) is 16.1. The molecule has 0 aliphatic carbocycles. The molecule has 3 aromatic carbocycles. The third-order valence-electron chi connectivity index (χ3n) is 12.3. The maximum absolute atomic E-state index is 13.1. The second-order valence-electron chi connectivity index (χ2n) is 18.2. The van der Waals surface area contributed by atoms with Crippen LogP contribution >= 0.6 is 23.5 Å². The van der Waals surface area contributed by atoms with Gasteiger partial charge in [0.15, 0.2) is 11.8 Å². The van der Waals surface area contributed by atoms with Gasteiger partial charge in [0.25, 0.3) is 11.8 Å². The van der Waals surface area contributed by atoms with Crippen LogP contribution in [0, 0.1) is 11.8 Å². The lowest BCUT2D eigenvalue weighted by Gasteiger charge is -2.32. The highest BCUT2D eigenvalue weighted by molar-refractivity contribution is 7.66. The number of rotatable bonds is 31. The zero-order valence-electron chi connectivity index (χ0n) is 46.4. The Morgan fingerprint density at radius 3 is 2.39 bits per heavy atom. The first-order valence-corrected chi connectivity index (χ1v) is 30.6. The second kappa shape index (κ2) is 31.1. The van der Waals surface area contributed by atoms with E-state index in [1.54, 1.807) is 24.3 Å². The zero-order chi connectivity index (χ0) is 63.6. The molecule has 2 aliphatic heterocycles. The monoisotopic (exact) mass is 1290 g/mol. The summed E-state index contributed by atoms with van der Waals surface area (Å²) in [7, 11) is -17.1. The van der Waals surface area contributed by atoms with E-state index in [2.05, 4.69) is 75.9 Å². The molecule has 1 fully saturated rings. The number of hydrogen-bond donors (Lipinski definition) is 9. The number of aliphatic hydroxyl groups is 1. The first kappa shape index (κ1) is 67.3. The minimum atomic E-state index is -5.84. The molecule has 5 aromatic rings. The predicted molar refractivity (Wildman–Crippen MR) is 306 cm³/mol. The number of carbonyl (C=O) groups is 3. The van der Waals surface area contributed by atoms with Crippen molar-refractivity contribution in [1.82, 2.24) is 25.8 Å². The van der Waals surface area contributed by atoms with Gasteiger partial charge in [-0.3, -0.25) is 18.9 Å². The Hall–Kier alpha value is -8.25. The predicted octanol–water partition coefficient (Wildman–Crippen LogP) is 3.72. The highest BCUT2D eigenvalue weighted by Crippen LogP contribution is 2.66. The number of nitrogens with zero attached hydrogens (tertiary/aromatic N) is 10. The van der Waals surface area contributed by atoms with Crippen LogP contribution < -0.4 is 36.9 Å². The SMILES string of the molecule is CCN(CC)c1ccc2cc(-c3nc4cc(C(=O)NCCNC(=O)c5cccc(OCC(N=[N+]=[N-])OCCOCC(=O)NCC#CC6=CN(C7CC(OCN=[N+]=[N-])C(COP(=O)(O)OP(=O)(O)OP(=O)(O)O)O7)C(O)N=C6N)c5)ccc4o3)c(=O)oc2c1. The number of aliphatic imine (C=N–C) groups is 1. The minimum Gasteiger partial charge on any atom is -0.491 e. The second-order valence-corrected chi connectivity index (χ2v) is 22.6. The van der Waals surface area contributed by atoms with Crippen LogP contribution in [0.25, 0.3) is 54.4 Å². The quantitative estimate of drug-likeness (QED) is 0.00580. The van der Waals surface area contributed by atoms with Gasteiger partial charge >= 0.3 is 29.1 Å². The standard InChI is InChI=1S/C49H57N14O22P3/c1-3-62(4-2)33-12-10-29-20-35(48(67)83-38(29)22-33)47-57-36-21-31(11-13-37(36)82-47)46(66)55-16-15-54-45(65)30-7-5-9-34(19-30)78-27-42(59-61-52)77-18-17-76-26-41(64)53-14-6-8-32-24-63(49(68)58-44(32)50)43-23-39(79-28-56-60-51)40(81-43)25-80-87(72,73)85-88(74,75)84-86(69,70)71/h5,7,9-13,19-22,24,39-40,42-43,49,68H,3-4,14-18,23,25-28H2,1-2H3,(H2,50,58)(H,53,64)(H,54,65)(H,55,66)(H,72,73)(H,74,75)(H2,69,70,71). The van der Waals surface area contributed by atoms with Crippen LogP contribution in [-0.4, -0.2) is 162 Å². The van der Waals surface area contributed by atoms with Gasteiger partial charge in [0.05, 0.1) is 38.0 Å². The van der Waals surface area contributed by atoms with Gasteiger partial charge < -0.3 is 88.7 Å². The van der Waals surface area contributed by atoms with Gasteiger partial charge in [-0.1, -0.05) is 28.1 Å². The first-order chi connectivity index (χ1) is 42.0. The first-order valence-electron chi connectivity index (χ1n) is 26.1. The van der Waals surface area contributed by atoms with E-state index in [-0.39, 0.29) is 85.6 Å². The molecule has 7 unspecified atom stereocenters. The lowest BCUT2D eigenvalue weighted by atomic mass is 10.1. The van der Waals surface area contributed by atoms with Crippen molar-refractivity contribution in [2.24, 2.45) is 21.0 Å². The Kier molecular flexibility index (Phi) is 23.8. The van der Waals surface area contributed by atoms with Crippen LogP contribution in [0.2, 0.25) is 0 Å². The number of phosphoric ester groups is 1. The highest BCUT2D eigenvalue weighted by atomic mass is 31.3. The van der Waals surface area contributed by atoms with Crippen LogP contribution in [0.15, 0.2) is 107 Å². The van der Waals surface area contributed by atoms with E-state index >= 15 is 0 Å². The van der Waals surface area contributed by atoms with E-state index in [0.717, 1.165) is 23.7 Å². The topological polar surface area (TPSA) is 512 Å². The normalized spacial score (nSPS) is 18.2. The van der Waals surface area contributed by atoms with E-state index in [1.165, 1.54) is 30.5 Å². The Balaban J connectivity index is 0.801. The van der Waals surface area contributed by atoms with E-state index < -0.39 is 97.8 Å². The maximum atomic E-state index is 13.1. The molecule has 88 heavy (non-hydrogen) atoms. The summed E-state index contributed by atoms with van der Waals surface area (Å²) in [5, 5.41) is 26.1. The molecule has 4 heterocycles. The van der Waals surface area contributed by atoms with Gasteiger partial charge in [-0.15, -0.1) is 0 Å². The Morgan fingerprint density at radius 2 is 1.67 bits per heavy atom. The number of oxazole rings is 1. The fourth-order valence-electron chi connectivity index (χ4n) is 8.29. The largest absolute Gasteiger partial charge is 0.491 e. The van der Waals surface area contributed by atoms with Crippen molar-refractivity contribution in [2.75, 3.05) is 77.4 Å². The van der Waals surface area contributed by atoms with Crippen molar-refractivity contribution in [3.8, 4) is 29.0 Å². The summed E-state index contributed by atoms with van der Waals surface area (Å²) >= 11 is 0. The fraction of sp³-hybridized carbons (Fsp3) is 0.388. The number of azide groups is 2. The Labute approximate surface area is 497 Å². The number of amides is 3. The fourth-order valence-corrected chi connectivity index (χ4v) is 11.3. The average Bonchev–Trinajstić information content (AvgIpc) is 2.07. The van der Waals surface area contributed by atoms with Crippen molar-refractivity contribution in [1.29, 1.82) is 0 Å². The van der Waals surface area contributed by atoms with Crippen molar-refractivity contribution in [3.05, 3.63) is 121 Å². The molecule has 3 amide bonds. The number of fused-ring (bicyclic) bond motifs is 2. The molecule has 7 atom stereocenters. The van der Waals surface area contributed by atoms with E-state index in [1.807, 2.05) is 32.0 Å². The molecule has 0 bridgehead atoms. The van der Waals surface area contributed by atoms with Gasteiger partial charge in [-0.05, 0) is 79.5 Å². The minimum absolute atomic E-state index is 0.0336. The van der Waals surface area contributed by atoms with Crippen LogP contribution in [0.5, 0.6) is 5.75 Å². The van der Waals surface area contributed by atoms with Gasteiger partial charge in [0, 0.05) is 76.9 Å². The molecule has 10 N–H and O–H groups in total. The summed E-state index contributed by atoms with van der Waals surface area (Å²) in [4.78, 5) is 105. The molecule has 7 rings (SSSR count). The van der Waals surface area contributed by atoms with Gasteiger partial charge in [-0.2, -0.15) is 8.62 Å². The van der Waals surface area contributed by atoms with Crippen LogP contribution in [-0.2, 0) is 50.6 Å². The van der Waals surface area contributed by atoms with Crippen LogP contribution in [0.3, 0.4) is 0 Å². The van der Waals surface area contributed by atoms with Crippen molar-refractivity contribution >= 4 is 74.8 Å². The number of benzene rings is 3. The highest BCUT2D eigenvalue weighted by Gasteiger charge is 2.45. The number of aromatic nitrogens is 1. The molecule has 39 heteroatoms. The van der Waals surface area contributed by atoms with Gasteiger partial charge in [0.2, 0.25) is 18.1 Å². The molecule has 1 saturated heterocycles. The zero-order valence-corrected chi connectivity index (χ0v) is 49.1. The maximum Gasteiger partial charge on any atom is 0.490 e. The summed E-state index contributed by atoms with van der Waals surface area (Å²) in [6.07, 6.45) is -5.40. The number of ether oxygens (including phenoxy) is 5. The number of carbonyl (C=O) groups excluding carboxylic acids is 3. The van der Waals surface area contributed by atoms with Gasteiger partial charge in [0.1, 0.15) is 60.5 Å². The number of amidine groups is 1. The number of nitrogens with two attached hydrogens (primary N) is 1. The van der Waals surface area contributed by atoms with Crippen LogP contribution in [0.4, 0.5) is 5.69 Å².